The van der Waals surface area contributed by atoms with E-state index in [1.54, 1.807) is 0 Å². The predicted octanol–water partition coefficient (Wildman–Crippen LogP) is 15.2. The lowest BCUT2D eigenvalue weighted by Crippen LogP contribution is -2.32. The standard InChI is InChI=1S/C60H35N3O2/c1-2-16-36(17-3-1)59-62-51(35-52(63-59)44-25-15-24-42-41-22-7-12-30-53(41)64-57(42)44)37-18-14-19-38(34-37)56-45-32-33-49-58(55(45)43-23-6-11-29-50(43)61-56)65-54-31-13-10-28-48(54)60(49)46-26-8-4-20-39(46)40-21-5-9-27-47(40)60/h1-35H. The zero-order valence-corrected chi connectivity index (χ0v) is 34.9. The second-order valence-corrected chi connectivity index (χ2v) is 17.0. The molecular weight excluding hydrogens is 795 g/mol. The molecule has 0 radical (unpaired) electrons. The zero-order chi connectivity index (χ0) is 42.6. The van der Waals surface area contributed by atoms with Gasteiger partial charge in [-0.05, 0) is 58.7 Å². The van der Waals surface area contributed by atoms with Crippen molar-refractivity contribution < 1.29 is 9.15 Å². The van der Waals surface area contributed by atoms with Gasteiger partial charge < -0.3 is 9.15 Å². The van der Waals surface area contributed by atoms with Crippen molar-refractivity contribution in [2.75, 3.05) is 0 Å². The van der Waals surface area contributed by atoms with Gasteiger partial charge in [0.05, 0.1) is 28.0 Å². The number of hydrogen-bond donors (Lipinski definition) is 0. The maximum absolute atomic E-state index is 7.21. The summed E-state index contributed by atoms with van der Waals surface area (Å²) in [5.41, 5.74) is 15.5. The largest absolute Gasteiger partial charge is 0.456 e. The maximum atomic E-state index is 7.21. The van der Waals surface area contributed by atoms with Gasteiger partial charge in [0, 0.05) is 60.3 Å². The van der Waals surface area contributed by atoms with Gasteiger partial charge in [-0.15, -0.1) is 0 Å². The normalized spacial score (nSPS) is 13.2. The fraction of sp³-hybridized carbons (Fsp3) is 0.0167. The molecule has 0 bridgehead atoms. The van der Waals surface area contributed by atoms with Crippen LogP contribution in [0.3, 0.4) is 0 Å². The third-order valence-corrected chi connectivity index (χ3v) is 13.5. The van der Waals surface area contributed by atoms with Crippen LogP contribution in [0, 0.1) is 0 Å². The van der Waals surface area contributed by atoms with Crippen LogP contribution < -0.4 is 4.74 Å². The molecule has 0 fully saturated rings. The third-order valence-electron chi connectivity index (χ3n) is 13.5. The van der Waals surface area contributed by atoms with E-state index in [9.17, 15) is 0 Å². The molecule has 4 heterocycles. The number of nitrogens with zero attached hydrogens (tertiary/aromatic N) is 3. The first kappa shape index (κ1) is 35.9. The molecule has 3 aromatic heterocycles. The monoisotopic (exact) mass is 829 g/mol. The highest BCUT2D eigenvalue weighted by atomic mass is 16.5. The Bertz CT molecular complexity index is 3900. The molecule has 12 aromatic rings. The van der Waals surface area contributed by atoms with Crippen molar-refractivity contribution in [1.82, 2.24) is 15.0 Å². The van der Waals surface area contributed by atoms with Crippen molar-refractivity contribution in [2.45, 2.75) is 5.41 Å². The molecule has 14 rings (SSSR count). The highest BCUT2D eigenvalue weighted by Gasteiger charge is 2.51. The van der Waals surface area contributed by atoms with Crippen molar-refractivity contribution in [3.63, 3.8) is 0 Å². The molecule has 1 aliphatic carbocycles. The number of rotatable bonds is 4. The molecule has 65 heavy (non-hydrogen) atoms. The first-order valence-electron chi connectivity index (χ1n) is 22.0. The van der Waals surface area contributed by atoms with Crippen molar-refractivity contribution in [3.8, 4) is 67.8 Å². The van der Waals surface area contributed by atoms with E-state index in [1.807, 2.05) is 36.4 Å². The Labute approximate surface area is 373 Å². The molecule has 1 spiro atoms. The van der Waals surface area contributed by atoms with E-state index in [1.165, 1.54) is 22.3 Å². The average molecular weight is 830 g/mol. The Kier molecular flexibility index (Phi) is 7.54. The summed E-state index contributed by atoms with van der Waals surface area (Å²) < 4.78 is 13.7. The van der Waals surface area contributed by atoms with Crippen molar-refractivity contribution in [2.24, 2.45) is 0 Å². The van der Waals surface area contributed by atoms with Crippen LogP contribution in [-0.4, -0.2) is 15.0 Å². The summed E-state index contributed by atoms with van der Waals surface area (Å²) >= 11 is 0. The Morgan fingerprint density at radius 3 is 1.86 bits per heavy atom. The number of pyridine rings is 1. The third kappa shape index (κ3) is 5.12. The van der Waals surface area contributed by atoms with Gasteiger partial charge in [0.15, 0.2) is 5.82 Å². The predicted molar refractivity (Wildman–Crippen MR) is 261 cm³/mol. The number of para-hydroxylation sites is 4. The minimum absolute atomic E-state index is 0.579. The van der Waals surface area contributed by atoms with Crippen LogP contribution in [-0.2, 0) is 5.41 Å². The van der Waals surface area contributed by atoms with E-state index in [4.69, 9.17) is 24.1 Å². The Hall–Kier alpha value is -8.67. The van der Waals surface area contributed by atoms with Gasteiger partial charge in [-0.25, -0.2) is 15.0 Å². The molecule has 302 valence electrons. The fourth-order valence-electron chi connectivity index (χ4n) is 10.8. The van der Waals surface area contributed by atoms with E-state index in [0.29, 0.717) is 5.82 Å². The van der Waals surface area contributed by atoms with Crippen LogP contribution in [0.15, 0.2) is 217 Å². The van der Waals surface area contributed by atoms with Crippen molar-refractivity contribution in [1.29, 1.82) is 0 Å². The lowest BCUT2D eigenvalue weighted by atomic mass is 9.65. The quantitative estimate of drug-likeness (QED) is 0.165. The van der Waals surface area contributed by atoms with E-state index in [-0.39, 0.29) is 0 Å². The lowest BCUT2D eigenvalue weighted by Gasteiger charge is -2.40. The van der Waals surface area contributed by atoms with E-state index in [2.05, 4.69) is 176 Å². The topological polar surface area (TPSA) is 61.0 Å². The lowest BCUT2D eigenvalue weighted by molar-refractivity contribution is 0.442. The summed E-state index contributed by atoms with van der Waals surface area (Å²) in [6, 6.07) is 74.6. The fourth-order valence-corrected chi connectivity index (χ4v) is 10.8. The summed E-state index contributed by atoms with van der Waals surface area (Å²) in [7, 11) is 0. The number of hydrogen-bond acceptors (Lipinski definition) is 5. The van der Waals surface area contributed by atoms with Crippen LogP contribution >= 0.6 is 0 Å². The van der Waals surface area contributed by atoms with Gasteiger partial charge in [-0.1, -0.05) is 176 Å². The van der Waals surface area contributed by atoms with Gasteiger partial charge in [0.25, 0.3) is 0 Å². The van der Waals surface area contributed by atoms with Crippen molar-refractivity contribution in [3.05, 3.63) is 235 Å². The van der Waals surface area contributed by atoms with Gasteiger partial charge in [-0.2, -0.15) is 0 Å². The van der Waals surface area contributed by atoms with Gasteiger partial charge in [0.1, 0.15) is 22.7 Å². The highest BCUT2D eigenvalue weighted by Crippen LogP contribution is 2.63. The maximum Gasteiger partial charge on any atom is 0.160 e. The molecule has 9 aromatic carbocycles. The first-order chi connectivity index (χ1) is 32.2. The Morgan fingerprint density at radius 1 is 0.385 bits per heavy atom. The summed E-state index contributed by atoms with van der Waals surface area (Å²) in [5, 5.41) is 5.23. The molecule has 0 saturated carbocycles. The number of ether oxygens (including phenoxy) is 1. The van der Waals surface area contributed by atoms with Gasteiger partial charge in [0.2, 0.25) is 0 Å². The first-order valence-corrected chi connectivity index (χ1v) is 22.0. The molecular formula is C60H35N3O2. The van der Waals surface area contributed by atoms with Crippen LogP contribution in [0.4, 0.5) is 0 Å². The smallest absolute Gasteiger partial charge is 0.160 e. The second-order valence-electron chi connectivity index (χ2n) is 17.0. The molecule has 0 unspecified atom stereocenters. The molecule has 0 atom stereocenters. The molecule has 0 amide bonds. The average Bonchev–Trinajstić information content (AvgIpc) is 3.90. The summed E-state index contributed by atoms with van der Waals surface area (Å²) in [6.07, 6.45) is 0. The minimum atomic E-state index is -0.579. The Morgan fingerprint density at radius 2 is 1.02 bits per heavy atom. The van der Waals surface area contributed by atoms with Gasteiger partial charge in [-0.3, -0.25) is 0 Å². The summed E-state index contributed by atoms with van der Waals surface area (Å²) in [5.74, 6) is 2.35. The minimum Gasteiger partial charge on any atom is -0.456 e. The highest BCUT2D eigenvalue weighted by molar-refractivity contribution is 6.15. The van der Waals surface area contributed by atoms with Crippen LogP contribution in [0.5, 0.6) is 11.5 Å². The van der Waals surface area contributed by atoms with Crippen LogP contribution in [0.25, 0.3) is 99.9 Å². The van der Waals surface area contributed by atoms with Crippen LogP contribution in [0.2, 0.25) is 0 Å². The van der Waals surface area contributed by atoms with Crippen LogP contribution in [0.1, 0.15) is 22.3 Å². The molecule has 0 N–H and O–H groups in total. The number of benzene rings is 9. The molecule has 0 saturated heterocycles. The molecule has 5 nitrogen and oxygen atoms in total. The SMILES string of the molecule is c1ccc(-c2nc(-c3cccc(-c4nc5ccccc5c5c6c(ccc45)C4(c5ccccc5O6)c5ccccc5-c5ccccc54)c3)cc(-c3cccc4c3oc3ccccc34)n2)cc1. The number of furan rings is 1. The molecule has 2 aliphatic rings. The Balaban J connectivity index is 0.995. The summed E-state index contributed by atoms with van der Waals surface area (Å²) in [4.78, 5) is 15.9. The number of aromatic nitrogens is 3. The second kappa shape index (κ2) is 13.7. The van der Waals surface area contributed by atoms with Crippen molar-refractivity contribution >= 4 is 43.6 Å². The van der Waals surface area contributed by atoms with E-state index < -0.39 is 5.41 Å². The summed E-state index contributed by atoms with van der Waals surface area (Å²) in [6.45, 7) is 0. The number of fused-ring (bicyclic) bond motifs is 16. The van der Waals surface area contributed by atoms with E-state index >= 15 is 0 Å². The molecule has 5 heteroatoms. The van der Waals surface area contributed by atoms with E-state index in [0.717, 1.165) is 106 Å². The zero-order valence-electron chi connectivity index (χ0n) is 34.9. The molecule has 1 aliphatic heterocycles. The van der Waals surface area contributed by atoms with Gasteiger partial charge >= 0.3 is 0 Å².